The maximum Gasteiger partial charge on any atom is 0.436 e. The van der Waals surface area contributed by atoms with E-state index in [9.17, 15) is 18.0 Å². The van der Waals surface area contributed by atoms with Crippen molar-refractivity contribution in [2.45, 2.75) is 44.4 Å². The van der Waals surface area contributed by atoms with Gasteiger partial charge >= 0.3 is 6.18 Å². The zero-order chi connectivity index (χ0) is 23.0. The van der Waals surface area contributed by atoms with E-state index in [1.165, 1.54) is 4.68 Å². The number of alkyl halides is 3. The number of carbonyl (C=O) groups is 1. The second-order valence-corrected chi connectivity index (χ2v) is 9.82. The van der Waals surface area contributed by atoms with Gasteiger partial charge in [-0.25, -0.2) is 0 Å². The quantitative estimate of drug-likeness (QED) is 0.469. The van der Waals surface area contributed by atoms with Gasteiger partial charge < -0.3 is 4.90 Å². The number of amides is 1. The van der Waals surface area contributed by atoms with E-state index in [1.54, 1.807) is 17.0 Å². The van der Waals surface area contributed by atoms with Crippen LogP contribution in [0, 0.1) is 0 Å². The van der Waals surface area contributed by atoms with Crippen LogP contribution < -0.4 is 0 Å². The highest BCUT2D eigenvalue weighted by Crippen LogP contribution is 2.47. The molecule has 174 valence electrons. The van der Waals surface area contributed by atoms with E-state index < -0.39 is 11.9 Å². The molecule has 0 spiro atoms. The van der Waals surface area contributed by atoms with E-state index >= 15 is 0 Å². The lowest BCUT2D eigenvalue weighted by Gasteiger charge is -2.35. The fourth-order valence-electron chi connectivity index (χ4n) is 3.96. The maximum atomic E-state index is 13.3. The highest BCUT2D eigenvalue weighted by molar-refractivity contribution is 9.10. The fraction of sp³-hybridized carbons (Fsp3) is 0.524. The minimum atomic E-state index is -4.53. The van der Waals surface area contributed by atoms with Crippen molar-refractivity contribution in [1.82, 2.24) is 19.6 Å². The Bertz CT molecular complexity index is 1000. The molecule has 1 aromatic carbocycles. The smallest absolute Gasteiger partial charge is 0.340 e. The number of benzene rings is 1. The molecule has 1 aromatic heterocycles. The van der Waals surface area contributed by atoms with Gasteiger partial charge in [0.05, 0.1) is 16.7 Å². The van der Waals surface area contributed by atoms with Gasteiger partial charge in [0.15, 0.2) is 5.69 Å². The van der Waals surface area contributed by atoms with Crippen LogP contribution in [0.4, 0.5) is 13.2 Å². The summed E-state index contributed by atoms with van der Waals surface area (Å²) < 4.78 is 41.1. The van der Waals surface area contributed by atoms with Crippen LogP contribution in [0.25, 0.3) is 0 Å². The average molecular weight is 554 g/mol. The molecule has 1 saturated heterocycles. The Morgan fingerprint density at radius 1 is 1.16 bits per heavy atom. The standard InChI is InChI=1S/C21H22BrCl2F3N4O/c22-18-19(13-1-2-13)31(28-20(18)21(25,26)27)6-5-17(32)30-9-7-29(8-10-30)12-14-3-4-15(23)11-16(14)24/h3-4,11,13H,1-2,5-10,12H2. The van der Waals surface area contributed by atoms with Crippen LogP contribution in [0.2, 0.25) is 10.0 Å². The fourth-order valence-corrected chi connectivity index (χ4v) is 5.26. The summed E-state index contributed by atoms with van der Waals surface area (Å²) in [6, 6.07) is 5.42. The van der Waals surface area contributed by atoms with E-state index in [4.69, 9.17) is 23.2 Å². The Morgan fingerprint density at radius 3 is 2.44 bits per heavy atom. The molecular weight excluding hydrogens is 532 g/mol. The van der Waals surface area contributed by atoms with E-state index in [0.29, 0.717) is 48.5 Å². The van der Waals surface area contributed by atoms with Crippen molar-refractivity contribution in [3.8, 4) is 0 Å². The molecule has 4 rings (SSSR count). The lowest BCUT2D eigenvalue weighted by atomic mass is 10.2. The lowest BCUT2D eigenvalue weighted by molar-refractivity contribution is -0.142. The average Bonchev–Trinajstić information content (AvgIpc) is 3.50. The third kappa shape index (κ3) is 5.43. The van der Waals surface area contributed by atoms with Crippen molar-refractivity contribution in [3.05, 3.63) is 49.7 Å². The first kappa shape index (κ1) is 23.9. The number of nitrogens with zero attached hydrogens (tertiary/aromatic N) is 4. The molecule has 1 saturated carbocycles. The monoisotopic (exact) mass is 552 g/mol. The molecule has 2 aromatic rings. The summed E-state index contributed by atoms with van der Waals surface area (Å²) in [6.07, 6.45) is -2.72. The summed E-state index contributed by atoms with van der Waals surface area (Å²) >= 11 is 15.3. The topological polar surface area (TPSA) is 41.4 Å². The molecule has 0 N–H and O–H groups in total. The van der Waals surface area contributed by atoms with Gasteiger partial charge in [-0.3, -0.25) is 14.4 Å². The first-order chi connectivity index (χ1) is 15.1. The molecule has 0 radical (unpaired) electrons. The predicted octanol–water partition coefficient (Wildman–Crippen LogP) is 5.58. The van der Waals surface area contributed by atoms with Gasteiger partial charge in [-0.1, -0.05) is 29.3 Å². The zero-order valence-electron chi connectivity index (χ0n) is 17.1. The third-order valence-corrected chi connectivity index (χ3v) is 7.20. The second kappa shape index (κ2) is 9.52. The van der Waals surface area contributed by atoms with Crippen LogP contribution in [-0.2, 0) is 24.1 Å². The van der Waals surface area contributed by atoms with E-state index in [2.05, 4.69) is 25.9 Å². The van der Waals surface area contributed by atoms with Crippen molar-refractivity contribution in [3.63, 3.8) is 0 Å². The normalized spacial score (nSPS) is 17.8. The van der Waals surface area contributed by atoms with Crippen molar-refractivity contribution in [2.75, 3.05) is 26.2 Å². The lowest BCUT2D eigenvalue weighted by Crippen LogP contribution is -2.48. The molecule has 0 bridgehead atoms. The molecule has 0 atom stereocenters. The molecule has 2 fully saturated rings. The third-order valence-electron chi connectivity index (χ3n) is 5.84. The Hall–Kier alpha value is -1.29. The van der Waals surface area contributed by atoms with Gasteiger partial charge in [-0.05, 0) is 46.5 Å². The van der Waals surface area contributed by atoms with Gasteiger partial charge in [0.25, 0.3) is 0 Å². The summed E-state index contributed by atoms with van der Waals surface area (Å²) in [6.45, 7) is 3.34. The molecule has 1 aliphatic heterocycles. The first-order valence-corrected chi connectivity index (χ1v) is 12.0. The van der Waals surface area contributed by atoms with Crippen LogP contribution in [0.15, 0.2) is 22.7 Å². The summed E-state index contributed by atoms with van der Waals surface area (Å²) in [7, 11) is 0. The molecule has 2 aliphatic rings. The van der Waals surface area contributed by atoms with Gasteiger partial charge in [0.1, 0.15) is 0 Å². The SMILES string of the molecule is O=C(CCn1nc(C(F)(F)F)c(Br)c1C1CC1)N1CCN(Cc2ccc(Cl)cc2Cl)CC1. The second-order valence-electron chi connectivity index (χ2n) is 8.19. The molecule has 1 amide bonds. The Morgan fingerprint density at radius 2 is 1.84 bits per heavy atom. The van der Waals surface area contributed by atoms with Crippen molar-refractivity contribution >= 4 is 45.0 Å². The highest BCUT2D eigenvalue weighted by Gasteiger charge is 2.41. The van der Waals surface area contributed by atoms with Crippen LogP contribution >= 0.6 is 39.1 Å². The molecule has 1 aliphatic carbocycles. The van der Waals surface area contributed by atoms with Crippen LogP contribution in [0.5, 0.6) is 0 Å². The van der Waals surface area contributed by atoms with Gasteiger partial charge in [-0.2, -0.15) is 18.3 Å². The number of halogens is 6. The molecular formula is C21H22BrCl2F3N4O. The molecule has 2 heterocycles. The number of aromatic nitrogens is 2. The Kier molecular flexibility index (Phi) is 7.10. The van der Waals surface area contributed by atoms with Crippen LogP contribution in [-0.4, -0.2) is 51.7 Å². The van der Waals surface area contributed by atoms with Crippen molar-refractivity contribution in [2.24, 2.45) is 0 Å². The highest BCUT2D eigenvalue weighted by atomic mass is 79.9. The largest absolute Gasteiger partial charge is 0.436 e. The van der Waals surface area contributed by atoms with Crippen molar-refractivity contribution < 1.29 is 18.0 Å². The maximum absolute atomic E-state index is 13.3. The van der Waals surface area contributed by atoms with Gasteiger partial charge in [0, 0.05) is 55.1 Å². The van der Waals surface area contributed by atoms with Crippen molar-refractivity contribution in [1.29, 1.82) is 0 Å². The Labute approximate surface area is 202 Å². The predicted molar refractivity (Wildman–Crippen MR) is 120 cm³/mol. The van der Waals surface area contributed by atoms with Gasteiger partial charge in [0.2, 0.25) is 5.91 Å². The number of hydrogen-bond donors (Lipinski definition) is 0. The Balaban J connectivity index is 1.32. The number of rotatable bonds is 6. The zero-order valence-corrected chi connectivity index (χ0v) is 20.2. The molecule has 0 unspecified atom stereocenters. The first-order valence-electron chi connectivity index (χ1n) is 10.4. The van der Waals surface area contributed by atoms with E-state index in [-0.39, 0.29) is 29.3 Å². The number of hydrogen-bond acceptors (Lipinski definition) is 3. The molecule has 32 heavy (non-hydrogen) atoms. The minimum absolute atomic E-state index is 0.00873. The van der Waals surface area contributed by atoms with Gasteiger partial charge in [-0.15, -0.1) is 0 Å². The number of aryl methyl sites for hydroxylation is 1. The number of piperazine rings is 1. The summed E-state index contributed by atoms with van der Waals surface area (Å²) in [5.41, 5.74) is 0.615. The summed E-state index contributed by atoms with van der Waals surface area (Å²) in [5, 5.41) is 4.98. The number of carbonyl (C=O) groups excluding carboxylic acids is 1. The molecule has 11 heteroatoms. The van der Waals surface area contributed by atoms with E-state index in [0.717, 1.165) is 18.4 Å². The van der Waals surface area contributed by atoms with Crippen LogP contribution in [0.3, 0.4) is 0 Å². The van der Waals surface area contributed by atoms with E-state index in [1.807, 2.05) is 6.07 Å². The minimum Gasteiger partial charge on any atom is -0.340 e. The molecule has 5 nitrogen and oxygen atoms in total. The van der Waals surface area contributed by atoms with Crippen LogP contribution in [0.1, 0.15) is 42.1 Å². The summed E-state index contributed by atoms with van der Waals surface area (Å²) in [5.74, 6) is 0.00224. The summed E-state index contributed by atoms with van der Waals surface area (Å²) in [4.78, 5) is 16.7.